The van der Waals surface area contributed by atoms with E-state index in [1.54, 1.807) is 24.4 Å². The summed E-state index contributed by atoms with van der Waals surface area (Å²) in [5, 5.41) is 0.529. The second-order valence-corrected chi connectivity index (χ2v) is 4.54. The van der Waals surface area contributed by atoms with Crippen LogP contribution in [0.1, 0.15) is 0 Å². The van der Waals surface area contributed by atoms with Gasteiger partial charge < -0.3 is 10.2 Å². The maximum atomic E-state index is 6.14. The number of nitrogen functional groups attached to an aromatic ring is 1. The average molecular weight is 271 g/mol. The van der Waals surface area contributed by atoms with Gasteiger partial charge in [0.25, 0.3) is 0 Å². The molecule has 0 atom stereocenters. The molecule has 0 aliphatic carbocycles. The van der Waals surface area contributed by atoms with E-state index in [2.05, 4.69) is 4.98 Å². The first kappa shape index (κ1) is 11.8. The van der Waals surface area contributed by atoms with Gasteiger partial charge in [-0.05, 0) is 18.2 Å². The zero-order valence-corrected chi connectivity index (χ0v) is 10.8. The van der Waals surface area contributed by atoms with Crippen LogP contribution in [0.3, 0.4) is 0 Å². The van der Waals surface area contributed by atoms with Crippen LogP contribution in [-0.4, -0.2) is 4.98 Å². The molecule has 0 aliphatic heterocycles. The van der Waals surface area contributed by atoms with Crippen molar-refractivity contribution in [1.82, 2.24) is 4.98 Å². The van der Waals surface area contributed by atoms with E-state index in [0.717, 1.165) is 11.1 Å². The minimum absolute atomic E-state index is 0.490. The van der Waals surface area contributed by atoms with Crippen LogP contribution in [-0.2, 0) is 0 Å². The number of nitrogens with two attached hydrogens (primary N) is 1. The number of hydrogen-bond donors (Lipinski definition) is 1. The highest BCUT2D eigenvalue weighted by atomic mass is 35.5. The number of rotatable bonds is 2. The maximum Gasteiger partial charge on any atom is 0.228 e. The van der Waals surface area contributed by atoms with Crippen molar-refractivity contribution in [3.63, 3.8) is 0 Å². The van der Waals surface area contributed by atoms with Crippen LogP contribution >= 0.6 is 11.6 Å². The number of anilines is 1. The first-order valence-electron chi connectivity index (χ1n) is 5.81. The molecular formula is C15H11ClN2O. The van der Waals surface area contributed by atoms with E-state index in [1.807, 2.05) is 30.3 Å². The molecule has 0 unspecified atom stereocenters. The third kappa shape index (κ3) is 2.33. The molecule has 0 aliphatic rings. The minimum atomic E-state index is 0.490. The molecule has 3 aromatic rings. The van der Waals surface area contributed by atoms with Crippen molar-refractivity contribution in [2.24, 2.45) is 0 Å². The van der Waals surface area contributed by atoms with Gasteiger partial charge in [0.1, 0.15) is 0 Å². The van der Waals surface area contributed by atoms with Gasteiger partial charge in [0.2, 0.25) is 5.89 Å². The van der Waals surface area contributed by atoms with E-state index in [1.165, 1.54) is 0 Å². The fourth-order valence-electron chi connectivity index (χ4n) is 1.84. The summed E-state index contributed by atoms with van der Waals surface area (Å²) in [6.45, 7) is 0. The molecule has 0 saturated heterocycles. The Morgan fingerprint density at radius 1 is 1.05 bits per heavy atom. The monoisotopic (exact) mass is 270 g/mol. The number of hydrogen-bond acceptors (Lipinski definition) is 3. The lowest BCUT2D eigenvalue weighted by atomic mass is 10.2. The van der Waals surface area contributed by atoms with Gasteiger partial charge in [-0.3, -0.25) is 0 Å². The molecule has 1 heterocycles. The molecule has 0 bridgehead atoms. The third-order valence-corrected chi connectivity index (χ3v) is 3.10. The molecular weight excluding hydrogens is 260 g/mol. The number of nitrogens with zero attached hydrogens (tertiary/aromatic N) is 1. The first-order valence-corrected chi connectivity index (χ1v) is 6.18. The van der Waals surface area contributed by atoms with Gasteiger partial charge in [-0.25, -0.2) is 4.98 Å². The molecule has 94 valence electrons. The van der Waals surface area contributed by atoms with Gasteiger partial charge in [0.15, 0.2) is 5.76 Å². The molecule has 0 radical (unpaired) electrons. The number of benzene rings is 2. The topological polar surface area (TPSA) is 52.0 Å². The van der Waals surface area contributed by atoms with Crippen molar-refractivity contribution in [3.8, 4) is 22.8 Å². The standard InChI is InChI=1S/C15H11ClN2O/c16-13-8-11(17)6-7-12(13)15-18-9-14(19-15)10-4-2-1-3-5-10/h1-9H,17H2. The molecule has 0 saturated carbocycles. The second-order valence-electron chi connectivity index (χ2n) is 4.13. The van der Waals surface area contributed by atoms with E-state index in [-0.39, 0.29) is 0 Å². The highest BCUT2D eigenvalue weighted by Crippen LogP contribution is 2.31. The number of halogens is 1. The predicted molar refractivity (Wildman–Crippen MR) is 76.8 cm³/mol. The van der Waals surface area contributed by atoms with Crippen molar-refractivity contribution >= 4 is 17.3 Å². The van der Waals surface area contributed by atoms with E-state index in [4.69, 9.17) is 21.8 Å². The van der Waals surface area contributed by atoms with Gasteiger partial charge in [0.05, 0.1) is 16.8 Å². The zero-order chi connectivity index (χ0) is 13.2. The Hall–Kier alpha value is -2.26. The van der Waals surface area contributed by atoms with Gasteiger partial charge in [-0.1, -0.05) is 41.9 Å². The first-order chi connectivity index (χ1) is 9.24. The molecule has 4 heteroatoms. The molecule has 0 fully saturated rings. The van der Waals surface area contributed by atoms with Crippen LogP contribution in [0, 0.1) is 0 Å². The summed E-state index contributed by atoms with van der Waals surface area (Å²) in [7, 11) is 0. The molecule has 19 heavy (non-hydrogen) atoms. The van der Waals surface area contributed by atoms with Crippen LogP contribution < -0.4 is 5.73 Å². The summed E-state index contributed by atoms with van der Waals surface area (Å²) in [6, 6.07) is 15.1. The Kier molecular flexibility index (Phi) is 2.97. The fraction of sp³-hybridized carbons (Fsp3) is 0. The highest BCUT2D eigenvalue weighted by Gasteiger charge is 2.11. The molecule has 2 aromatic carbocycles. The lowest BCUT2D eigenvalue weighted by Gasteiger charge is -2.00. The normalized spacial score (nSPS) is 10.6. The number of aromatic nitrogens is 1. The summed E-state index contributed by atoms with van der Waals surface area (Å²) in [5.41, 5.74) is 7.99. The van der Waals surface area contributed by atoms with Gasteiger partial charge in [-0.15, -0.1) is 0 Å². The van der Waals surface area contributed by atoms with Crippen molar-refractivity contribution in [2.45, 2.75) is 0 Å². The van der Waals surface area contributed by atoms with Crippen LogP contribution in [0.2, 0.25) is 5.02 Å². The minimum Gasteiger partial charge on any atom is -0.436 e. The van der Waals surface area contributed by atoms with E-state index in [9.17, 15) is 0 Å². The summed E-state index contributed by atoms with van der Waals surface area (Å²) in [6.07, 6.45) is 1.69. The van der Waals surface area contributed by atoms with Crippen LogP contribution in [0.5, 0.6) is 0 Å². The lowest BCUT2D eigenvalue weighted by molar-refractivity contribution is 0.589. The summed E-state index contributed by atoms with van der Waals surface area (Å²) < 4.78 is 5.74. The van der Waals surface area contributed by atoms with E-state index < -0.39 is 0 Å². The summed E-state index contributed by atoms with van der Waals surface area (Å²) in [5.74, 6) is 1.20. The van der Waals surface area contributed by atoms with Gasteiger partial charge in [0, 0.05) is 11.3 Å². The summed E-state index contributed by atoms with van der Waals surface area (Å²) >= 11 is 6.14. The smallest absolute Gasteiger partial charge is 0.228 e. The van der Waals surface area contributed by atoms with Gasteiger partial charge >= 0.3 is 0 Å². The molecule has 0 spiro atoms. The Balaban J connectivity index is 2.02. The predicted octanol–water partition coefficient (Wildman–Crippen LogP) is 4.24. The van der Waals surface area contributed by atoms with Crippen molar-refractivity contribution in [3.05, 3.63) is 59.8 Å². The summed E-state index contributed by atoms with van der Waals surface area (Å²) in [4.78, 5) is 4.26. The highest BCUT2D eigenvalue weighted by molar-refractivity contribution is 6.33. The quantitative estimate of drug-likeness (QED) is 0.709. The van der Waals surface area contributed by atoms with Gasteiger partial charge in [-0.2, -0.15) is 0 Å². The Labute approximate surface area is 115 Å². The van der Waals surface area contributed by atoms with Crippen LogP contribution in [0.25, 0.3) is 22.8 Å². The van der Waals surface area contributed by atoms with E-state index in [0.29, 0.717) is 22.4 Å². The third-order valence-electron chi connectivity index (χ3n) is 2.79. The van der Waals surface area contributed by atoms with Crippen LogP contribution in [0.15, 0.2) is 59.1 Å². The molecule has 0 amide bonds. The second kappa shape index (κ2) is 4.78. The maximum absolute atomic E-state index is 6.14. The molecule has 3 nitrogen and oxygen atoms in total. The number of oxazole rings is 1. The lowest BCUT2D eigenvalue weighted by Crippen LogP contribution is -1.85. The SMILES string of the molecule is Nc1ccc(-c2ncc(-c3ccccc3)o2)c(Cl)c1. The van der Waals surface area contributed by atoms with Crippen molar-refractivity contribution < 1.29 is 4.42 Å². The Morgan fingerprint density at radius 3 is 2.58 bits per heavy atom. The Bertz CT molecular complexity index is 707. The van der Waals surface area contributed by atoms with Crippen molar-refractivity contribution in [2.75, 3.05) is 5.73 Å². The average Bonchev–Trinajstić information content (AvgIpc) is 2.89. The fourth-order valence-corrected chi connectivity index (χ4v) is 2.11. The van der Waals surface area contributed by atoms with Crippen molar-refractivity contribution in [1.29, 1.82) is 0 Å². The molecule has 1 aromatic heterocycles. The zero-order valence-electron chi connectivity index (χ0n) is 10.0. The largest absolute Gasteiger partial charge is 0.436 e. The van der Waals surface area contributed by atoms with Crippen LogP contribution in [0.4, 0.5) is 5.69 Å². The molecule has 2 N–H and O–H groups in total. The van der Waals surface area contributed by atoms with E-state index >= 15 is 0 Å². The molecule has 3 rings (SSSR count). The Morgan fingerprint density at radius 2 is 1.84 bits per heavy atom.